The second-order valence-corrected chi connectivity index (χ2v) is 11.1. The van der Waals surface area contributed by atoms with Crippen LogP contribution in [0.2, 0.25) is 0 Å². The molecule has 2 aromatic carbocycles. The summed E-state index contributed by atoms with van der Waals surface area (Å²) < 4.78 is 87.5. The molecule has 2 aromatic rings. The molecule has 1 fully saturated rings. The molecule has 190 valence electrons. The molecule has 0 unspecified atom stereocenters. The number of fused-ring (bicyclic) bond motifs is 1. The zero-order valence-corrected chi connectivity index (χ0v) is 20.0. The van der Waals surface area contributed by atoms with Gasteiger partial charge in [0.25, 0.3) is 15.7 Å². The third kappa shape index (κ3) is 5.02. The Morgan fingerprint density at radius 3 is 2.31 bits per heavy atom. The number of benzene rings is 2. The highest BCUT2D eigenvalue weighted by atomic mass is 32.2. The highest BCUT2D eigenvalue weighted by molar-refractivity contribution is 7.92. The van der Waals surface area contributed by atoms with Crippen molar-refractivity contribution < 1.29 is 40.2 Å². The van der Waals surface area contributed by atoms with Crippen molar-refractivity contribution in [3.63, 3.8) is 0 Å². The summed E-state index contributed by atoms with van der Waals surface area (Å²) >= 11 is 0. The second kappa shape index (κ2) is 9.09. The van der Waals surface area contributed by atoms with Crippen LogP contribution in [0, 0.1) is 5.82 Å². The van der Waals surface area contributed by atoms with E-state index in [-0.39, 0.29) is 23.6 Å². The standard InChI is InChI=1S/C24H25F4NO5S/c1-15(2)33-21-14-23(34-20-8-5-17(25)13-19(20)21)9-11-29(12-10-23)22(30)16-3-6-18(7-4-16)35(31,32)24(26,27)28/h3-8,13,15,21H,9-12,14H2,1-2H3/t21-/m1/s1. The van der Waals surface area contributed by atoms with E-state index in [1.165, 1.54) is 12.1 Å². The van der Waals surface area contributed by atoms with Gasteiger partial charge in [-0.15, -0.1) is 0 Å². The van der Waals surface area contributed by atoms with Crippen molar-refractivity contribution in [2.75, 3.05) is 13.1 Å². The van der Waals surface area contributed by atoms with Gasteiger partial charge in [-0.3, -0.25) is 4.79 Å². The van der Waals surface area contributed by atoms with Crippen molar-refractivity contribution >= 4 is 15.7 Å². The molecule has 11 heteroatoms. The van der Waals surface area contributed by atoms with Crippen molar-refractivity contribution in [3.8, 4) is 5.75 Å². The average molecular weight is 516 g/mol. The average Bonchev–Trinajstić information content (AvgIpc) is 2.79. The van der Waals surface area contributed by atoms with Crippen molar-refractivity contribution in [1.29, 1.82) is 0 Å². The number of halogens is 4. The molecule has 1 spiro atoms. The maximum absolute atomic E-state index is 13.8. The normalized spacial score (nSPS) is 20.0. The summed E-state index contributed by atoms with van der Waals surface area (Å²) in [7, 11) is -5.48. The molecule has 0 radical (unpaired) electrons. The fourth-order valence-electron chi connectivity index (χ4n) is 4.55. The summed E-state index contributed by atoms with van der Waals surface area (Å²) in [6.07, 6.45) is 1.01. The number of sulfone groups is 1. The summed E-state index contributed by atoms with van der Waals surface area (Å²) in [6.45, 7) is 4.44. The van der Waals surface area contributed by atoms with Gasteiger partial charge in [0.05, 0.1) is 17.1 Å². The van der Waals surface area contributed by atoms with Crippen LogP contribution in [-0.2, 0) is 14.6 Å². The lowest BCUT2D eigenvalue weighted by Gasteiger charge is -2.47. The van der Waals surface area contributed by atoms with Gasteiger partial charge in [-0.2, -0.15) is 13.2 Å². The molecule has 1 atom stereocenters. The van der Waals surface area contributed by atoms with Gasteiger partial charge in [-0.1, -0.05) is 0 Å². The minimum absolute atomic E-state index is 0.0861. The van der Waals surface area contributed by atoms with Crippen LogP contribution in [0.15, 0.2) is 47.4 Å². The van der Waals surface area contributed by atoms with E-state index in [0.29, 0.717) is 43.7 Å². The SMILES string of the molecule is CC(C)O[C@@H]1CC2(CCN(C(=O)c3ccc(S(=O)(=O)C(F)(F)F)cc3)CC2)Oc2ccc(F)cc21. The lowest BCUT2D eigenvalue weighted by molar-refractivity contribution is -0.0873. The Bertz CT molecular complexity index is 1200. The molecular formula is C24H25F4NO5S. The lowest BCUT2D eigenvalue weighted by Crippen LogP contribution is -2.52. The molecule has 2 heterocycles. The first-order valence-electron chi connectivity index (χ1n) is 11.2. The van der Waals surface area contributed by atoms with Gasteiger partial charge in [-0.25, -0.2) is 12.8 Å². The quantitative estimate of drug-likeness (QED) is 0.534. The molecule has 0 N–H and O–H groups in total. The van der Waals surface area contributed by atoms with Crippen LogP contribution in [-0.4, -0.2) is 49.5 Å². The predicted molar refractivity (Wildman–Crippen MR) is 118 cm³/mol. The monoisotopic (exact) mass is 515 g/mol. The summed E-state index contributed by atoms with van der Waals surface area (Å²) in [6, 6.07) is 8.06. The molecule has 1 amide bonds. The third-order valence-electron chi connectivity index (χ3n) is 6.32. The number of amides is 1. The molecule has 35 heavy (non-hydrogen) atoms. The zero-order chi connectivity index (χ0) is 25.6. The maximum atomic E-state index is 13.8. The smallest absolute Gasteiger partial charge is 0.487 e. The fraction of sp³-hybridized carbons (Fsp3) is 0.458. The molecule has 4 rings (SSSR count). The number of hydrogen-bond acceptors (Lipinski definition) is 5. The van der Waals surface area contributed by atoms with Crippen molar-refractivity contribution in [3.05, 3.63) is 59.4 Å². The van der Waals surface area contributed by atoms with Crippen molar-refractivity contribution in [2.45, 2.75) is 61.3 Å². The summed E-state index contributed by atoms with van der Waals surface area (Å²) in [4.78, 5) is 13.6. The van der Waals surface area contributed by atoms with E-state index < -0.39 is 31.7 Å². The highest BCUT2D eigenvalue weighted by Gasteiger charge is 2.47. The minimum Gasteiger partial charge on any atom is -0.487 e. The van der Waals surface area contributed by atoms with Crippen molar-refractivity contribution in [1.82, 2.24) is 4.90 Å². The second-order valence-electron chi connectivity index (χ2n) is 9.11. The minimum atomic E-state index is -5.48. The molecule has 2 aliphatic rings. The molecule has 0 aliphatic carbocycles. The van der Waals surface area contributed by atoms with Gasteiger partial charge in [0.1, 0.15) is 17.2 Å². The Kier molecular flexibility index (Phi) is 6.60. The number of hydrogen-bond donors (Lipinski definition) is 0. The van der Waals surface area contributed by atoms with Gasteiger partial charge in [0.15, 0.2) is 0 Å². The molecule has 0 bridgehead atoms. The van der Waals surface area contributed by atoms with Crippen LogP contribution in [0.3, 0.4) is 0 Å². The number of carbonyl (C=O) groups excluding carboxylic acids is 1. The topological polar surface area (TPSA) is 72.9 Å². The Balaban J connectivity index is 1.47. The largest absolute Gasteiger partial charge is 0.501 e. The van der Waals surface area contributed by atoms with Crippen LogP contribution in [0.5, 0.6) is 5.75 Å². The van der Waals surface area contributed by atoms with E-state index in [2.05, 4.69) is 0 Å². The van der Waals surface area contributed by atoms with Gasteiger partial charge >= 0.3 is 5.51 Å². The first kappa shape index (κ1) is 25.4. The molecule has 0 saturated carbocycles. The Morgan fingerprint density at radius 2 is 1.74 bits per heavy atom. The van der Waals surface area contributed by atoms with Crippen LogP contribution in [0.4, 0.5) is 17.6 Å². The summed E-state index contributed by atoms with van der Waals surface area (Å²) in [5.41, 5.74) is -5.28. The number of rotatable bonds is 4. The van der Waals surface area contributed by atoms with Crippen molar-refractivity contribution in [2.24, 2.45) is 0 Å². The number of carbonyl (C=O) groups is 1. The van der Waals surface area contributed by atoms with Crippen LogP contribution in [0.25, 0.3) is 0 Å². The molecule has 6 nitrogen and oxygen atoms in total. The number of ether oxygens (including phenoxy) is 2. The Morgan fingerprint density at radius 1 is 1.11 bits per heavy atom. The summed E-state index contributed by atoms with van der Waals surface area (Å²) in [5.74, 6) is -0.247. The Hall–Kier alpha value is -2.66. The van der Waals surface area contributed by atoms with E-state index in [1.54, 1.807) is 11.0 Å². The highest BCUT2D eigenvalue weighted by Crippen LogP contribution is 2.46. The first-order valence-corrected chi connectivity index (χ1v) is 12.6. The van der Waals surface area contributed by atoms with Gasteiger partial charge in [0.2, 0.25) is 0 Å². The van der Waals surface area contributed by atoms with E-state index in [1.807, 2.05) is 13.8 Å². The predicted octanol–water partition coefficient (Wildman–Crippen LogP) is 5.04. The van der Waals surface area contributed by atoms with E-state index in [4.69, 9.17) is 9.47 Å². The molecule has 1 saturated heterocycles. The first-order chi connectivity index (χ1) is 16.3. The van der Waals surface area contributed by atoms with E-state index >= 15 is 0 Å². The fourth-order valence-corrected chi connectivity index (χ4v) is 5.31. The van der Waals surface area contributed by atoms with Gasteiger partial charge in [-0.05, 0) is 56.3 Å². The summed E-state index contributed by atoms with van der Waals surface area (Å²) in [5, 5.41) is 0. The zero-order valence-electron chi connectivity index (χ0n) is 19.1. The molecule has 2 aliphatic heterocycles. The lowest BCUT2D eigenvalue weighted by atomic mass is 9.81. The maximum Gasteiger partial charge on any atom is 0.501 e. The van der Waals surface area contributed by atoms with Crippen LogP contribution >= 0.6 is 0 Å². The number of likely N-dealkylation sites (tertiary alicyclic amines) is 1. The number of piperidine rings is 1. The van der Waals surface area contributed by atoms with Gasteiger partial charge in [0, 0.05) is 43.5 Å². The number of nitrogens with zero attached hydrogens (tertiary/aromatic N) is 1. The van der Waals surface area contributed by atoms with E-state index in [0.717, 1.165) is 24.3 Å². The Labute approximate surface area is 200 Å². The van der Waals surface area contributed by atoms with Crippen LogP contribution in [0.1, 0.15) is 55.1 Å². The van der Waals surface area contributed by atoms with Gasteiger partial charge < -0.3 is 14.4 Å². The van der Waals surface area contributed by atoms with E-state index in [9.17, 15) is 30.8 Å². The molecular weight excluding hydrogens is 490 g/mol. The number of alkyl halides is 3. The molecule has 0 aromatic heterocycles. The van der Waals surface area contributed by atoms with Crippen LogP contribution < -0.4 is 4.74 Å². The third-order valence-corrected chi connectivity index (χ3v) is 7.82.